The fourth-order valence-electron chi connectivity index (χ4n) is 3.43. The van der Waals surface area contributed by atoms with Gasteiger partial charge in [-0.2, -0.15) is 0 Å². The van der Waals surface area contributed by atoms with Crippen LogP contribution in [0, 0.1) is 0 Å². The van der Waals surface area contributed by atoms with Crippen molar-refractivity contribution in [2.24, 2.45) is 0 Å². The van der Waals surface area contributed by atoms with Crippen molar-refractivity contribution < 1.29 is 9.05 Å². The number of rotatable bonds is 2. The molecule has 1 atom stereocenters. The highest BCUT2D eigenvalue weighted by atomic mass is 31.2. The van der Waals surface area contributed by atoms with Crippen molar-refractivity contribution in [3.63, 3.8) is 0 Å². The molecule has 1 heterocycles. The second-order valence-electron chi connectivity index (χ2n) is 10.9. The smallest absolute Gasteiger partial charge is 0.295 e. The highest BCUT2D eigenvalue weighted by Crippen LogP contribution is 2.54. The van der Waals surface area contributed by atoms with Gasteiger partial charge < -0.3 is 9.05 Å². The third-order valence-corrected chi connectivity index (χ3v) is 6.62. The first-order chi connectivity index (χ1) is 12.8. The van der Waals surface area contributed by atoms with Crippen molar-refractivity contribution in [3.05, 3.63) is 58.7 Å². The van der Waals surface area contributed by atoms with Crippen LogP contribution in [0.5, 0.6) is 11.5 Å². The number of para-hydroxylation sites is 1. The van der Waals surface area contributed by atoms with Crippen molar-refractivity contribution in [3.8, 4) is 11.5 Å². The molecule has 0 amide bonds. The zero-order valence-corrected chi connectivity index (χ0v) is 19.8. The molecule has 2 nitrogen and oxygen atoms in total. The van der Waals surface area contributed by atoms with Gasteiger partial charge in [0.05, 0.1) is 6.16 Å². The van der Waals surface area contributed by atoms with E-state index >= 15 is 0 Å². The van der Waals surface area contributed by atoms with Crippen molar-refractivity contribution in [2.75, 3.05) is 0 Å². The lowest BCUT2D eigenvalue weighted by molar-refractivity contribution is 0.459. The topological polar surface area (TPSA) is 18.5 Å². The second kappa shape index (κ2) is 7.06. The van der Waals surface area contributed by atoms with Crippen LogP contribution >= 0.6 is 8.38 Å². The normalized spacial score (nSPS) is 17.2. The van der Waals surface area contributed by atoms with Crippen LogP contribution in [0.4, 0.5) is 0 Å². The number of benzene rings is 2. The van der Waals surface area contributed by atoms with Gasteiger partial charge in [-0.25, -0.2) is 0 Å². The van der Waals surface area contributed by atoms with Crippen LogP contribution in [0.3, 0.4) is 0 Å². The van der Waals surface area contributed by atoms with E-state index in [0.717, 1.165) is 17.7 Å². The standard InChI is InChI=1S/C25H35O2P/c1-23(2,3)18-14-19(24(4,5)6)22(20(15-18)25(7,8)9)27-28-16-17-12-10-11-13-21(17)26-28/h10-15H,16H2,1-9H3. The highest BCUT2D eigenvalue weighted by molar-refractivity contribution is 7.47. The van der Waals surface area contributed by atoms with E-state index in [4.69, 9.17) is 9.05 Å². The molecule has 2 aromatic carbocycles. The Morgan fingerprint density at radius 3 is 1.79 bits per heavy atom. The molecule has 152 valence electrons. The lowest BCUT2D eigenvalue weighted by atomic mass is 9.75. The molecule has 1 aliphatic rings. The number of hydrogen-bond acceptors (Lipinski definition) is 2. The summed E-state index contributed by atoms with van der Waals surface area (Å²) in [4.78, 5) is 0. The van der Waals surface area contributed by atoms with Gasteiger partial charge >= 0.3 is 0 Å². The van der Waals surface area contributed by atoms with Gasteiger partial charge in [0, 0.05) is 16.7 Å². The summed E-state index contributed by atoms with van der Waals surface area (Å²) in [5.74, 6) is 1.99. The summed E-state index contributed by atoms with van der Waals surface area (Å²) in [6, 6.07) is 13.0. The minimum Gasteiger partial charge on any atom is -0.438 e. The van der Waals surface area contributed by atoms with Crippen LogP contribution in [0.15, 0.2) is 36.4 Å². The largest absolute Gasteiger partial charge is 0.438 e. The van der Waals surface area contributed by atoms with E-state index in [1.54, 1.807) is 0 Å². The van der Waals surface area contributed by atoms with Crippen molar-refractivity contribution >= 4 is 8.38 Å². The molecule has 0 aliphatic carbocycles. The summed E-state index contributed by atoms with van der Waals surface area (Å²) >= 11 is 0. The molecule has 0 radical (unpaired) electrons. The van der Waals surface area contributed by atoms with Gasteiger partial charge in [0.1, 0.15) is 11.5 Å². The van der Waals surface area contributed by atoms with E-state index in [9.17, 15) is 0 Å². The quantitative estimate of drug-likeness (QED) is 0.479. The zero-order valence-electron chi connectivity index (χ0n) is 18.9. The Bertz CT molecular complexity index is 803. The summed E-state index contributed by atoms with van der Waals surface area (Å²) in [6.45, 7) is 20.5. The monoisotopic (exact) mass is 398 g/mol. The second-order valence-corrected chi connectivity index (χ2v) is 12.3. The summed E-state index contributed by atoms with van der Waals surface area (Å²) in [6.07, 6.45) is 0.847. The molecule has 2 aromatic rings. The molecule has 0 fully saturated rings. The first-order valence-corrected chi connectivity index (χ1v) is 11.5. The molecule has 1 unspecified atom stereocenters. The molecule has 3 rings (SSSR count). The highest BCUT2D eigenvalue weighted by Gasteiger charge is 2.34. The molecule has 0 N–H and O–H groups in total. The summed E-state index contributed by atoms with van der Waals surface area (Å²) in [7, 11) is -1.01. The van der Waals surface area contributed by atoms with Crippen molar-refractivity contribution in [1.29, 1.82) is 0 Å². The van der Waals surface area contributed by atoms with Gasteiger partial charge in [-0.05, 0) is 27.9 Å². The molecule has 0 spiro atoms. The fraction of sp³-hybridized carbons (Fsp3) is 0.520. The summed E-state index contributed by atoms with van der Waals surface area (Å²) in [5.41, 5.74) is 5.20. The molecule has 0 aromatic heterocycles. The third kappa shape index (κ3) is 4.38. The van der Waals surface area contributed by atoms with Crippen molar-refractivity contribution in [1.82, 2.24) is 0 Å². The van der Waals surface area contributed by atoms with Gasteiger partial charge in [-0.3, -0.25) is 0 Å². The van der Waals surface area contributed by atoms with E-state index in [1.807, 2.05) is 12.1 Å². The van der Waals surface area contributed by atoms with Crippen LogP contribution in [0.25, 0.3) is 0 Å². The fourth-order valence-corrected chi connectivity index (χ4v) is 4.94. The Morgan fingerprint density at radius 2 is 1.32 bits per heavy atom. The van der Waals surface area contributed by atoms with Gasteiger partial charge in [0.15, 0.2) is 0 Å². The minimum absolute atomic E-state index is 0.0154. The van der Waals surface area contributed by atoms with Crippen LogP contribution in [0.1, 0.15) is 84.6 Å². The Hall–Kier alpha value is -1.53. The third-order valence-electron chi connectivity index (χ3n) is 5.24. The minimum atomic E-state index is -1.01. The lowest BCUT2D eigenvalue weighted by Gasteiger charge is -2.33. The molecule has 0 bridgehead atoms. The predicted octanol–water partition coefficient (Wildman–Crippen LogP) is 7.86. The van der Waals surface area contributed by atoms with E-state index in [-0.39, 0.29) is 16.2 Å². The van der Waals surface area contributed by atoms with Gasteiger partial charge in [-0.1, -0.05) is 92.6 Å². The number of fused-ring (bicyclic) bond motifs is 1. The van der Waals surface area contributed by atoms with Crippen molar-refractivity contribution in [2.45, 2.75) is 84.7 Å². The Kier molecular flexibility index (Phi) is 5.34. The summed E-state index contributed by atoms with van der Waals surface area (Å²) < 4.78 is 12.9. The lowest BCUT2D eigenvalue weighted by Crippen LogP contribution is -2.22. The molecule has 0 saturated carbocycles. The molecule has 28 heavy (non-hydrogen) atoms. The van der Waals surface area contributed by atoms with Crippen LogP contribution in [0.2, 0.25) is 0 Å². The molecular weight excluding hydrogens is 363 g/mol. The Labute approximate surface area is 172 Å². The maximum absolute atomic E-state index is 6.68. The first-order valence-electron chi connectivity index (χ1n) is 10.2. The van der Waals surface area contributed by atoms with E-state index in [1.165, 1.54) is 22.3 Å². The van der Waals surface area contributed by atoms with E-state index in [2.05, 4.69) is 86.6 Å². The average molecular weight is 399 g/mol. The average Bonchev–Trinajstić information content (AvgIpc) is 2.94. The van der Waals surface area contributed by atoms with E-state index in [0.29, 0.717) is 0 Å². The van der Waals surface area contributed by atoms with E-state index < -0.39 is 8.38 Å². The SMILES string of the molecule is CC(C)(C)c1cc(C(C)(C)C)c(OP2Cc3ccccc3O2)c(C(C)(C)C)c1. The molecule has 1 aliphatic heterocycles. The Balaban J connectivity index is 2.11. The molecule has 3 heteroatoms. The van der Waals surface area contributed by atoms with Gasteiger partial charge in [-0.15, -0.1) is 0 Å². The Morgan fingerprint density at radius 1 is 0.786 bits per heavy atom. The maximum atomic E-state index is 6.68. The summed E-state index contributed by atoms with van der Waals surface area (Å²) in [5, 5.41) is 0. The van der Waals surface area contributed by atoms with Crippen LogP contribution in [-0.4, -0.2) is 0 Å². The van der Waals surface area contributed by atoms with Gasteiger partial charge in [0.25, 0.3) is 8.38 Å². The molecule has 0 saturated heterocycles. The maximum Gasteiger partial charge on any atom is 0.295 e. The first kappa shape index (κ1) is 21.2. The zero-order chi connectivity index (χ0) is 20.9. The number of hydrogen-bond donors (Lipinski definition) is 0. The van der Waals surface area contributed by atoms with Crippen LogP contribution in [-0.2, 0) is 22.4 Å². The van der Waals surface area contributed by atoms with Gasteiger partial charge in [0.2, 0.25) is 0 Å². The predicted molar refractivity (Wildman–Crippen MR) is 121 cm³/mol. The van der Waals surface area contributed by atoms with Crippen LogP contribution < -0.4 is 9.05 Å². The molecular formula is C25H35O2P.